The summed E-state index contributed by atoms with van der Waals surface area (Å²) in [6, 6.07) is 72.3. The van der Waals surface area contributed by atoms with E-state index in [1.165, 1.54) is 49.5 Å². The highest BCUT2D eigenvalue weighted by Gasteiger charge is 2.45. The van der Waals surface area contributed by atoms with Crippen LogP contribution in [0.4, 0.5) is 0 Å². The van der Waals surface area contributed by atoms with E-state index in [0.29, 0.717) is 0 Å². The number of aliphatic hydroxyl groups is 3. The lowest BCUT2D eigenvalue weighted by molar-refractivity contribution is 0.0787. The Bertz CT molecular complexity index is 2830. The third kappa shape index (κ3) is 9.13. The molecule has 1 aliphatic rings. The van der Waals surface area contributed by atoms with Gasteiger partial charge in [-0.05, 0) is 122 Å². The molecule has 9 aromatic carbocycles. The molecule has 4 heteroatoms. The molecule has 1 aliphatic carbocycles. The molecule has 0 spiro atoms. The Hall–Kier alpha value is -6.82. The maximum absolute atomic E-state index is 10.8. The number of ether oxygens (including phenoxy) is 1. The highest BCUT2D eigenvalue weighted by Crippen LogP contribution is 2.56. The molecule has 64 heavy (non-hydrogen) atoms. The number of benzene rings is 9. The van der Waals surface area contributed by atoms with Crippen molar-refractivity contribution in [3.05, 3.63) is 257 Å². The minimum Gasteiger partial charge on any atom is -0.497 e. The Labute approximate surface area is 378 Å². The van der Waals surface area contributed by atoms with Crippen molar-refractivity contribution in [2.45, 2.75) is 57.8 Å². The zero-order chi connectivity index (χ0) is 45.3. The van der Waals surface area contributed by atoms with E-state index >= 15 is 0 Å². The molecule has 0 heterocycles. The van der Waals surface area contributed by atoms with Crippen LogP contribution in [0.25, 0.3) is 32.7 Å². The Morgan fingerprint density at radius 1 is 0.438 bits per heavy atom. The molecule has 0 aliphatic heterocycles. The van der Waals surface area contributed by atoms with Gasteiger partial charge in [-0.2, -0.15) is 0 Å². The molecule has 3 N–H and O–H groups in total. The molecule has 1 atom stereocenters. The van der Waals surface area contributed by atoms with Crippen LogP contribution in [0.3, 0.4) is 0 Å². The lowest BCUT2D eigenvalue weighted by Crippen LogP contribution is -2.28. The van der Waals surface area contributed by atoms with Crippen molar-refractivity contribution in [1.29, 1.82) is 0 Å². The normalized spacial score (nSPS) is 13.1. The van der Waals surface area contributed by atoms with Crippen LogP contribution in [-0.4, -0.2) is 22.4 Å². The van der Waals surface area contributed by atoms with Gasteiger partial charge in [-0.3, -0.25) is 0 Å². The smallest absolute Gasteiger partial charge is 0.118 e. The zero-order valence-corrected chi connectivity index (χ0v) is 37.7. The highest BCUT2D eigenvalue weighted by atomic mass is 16.5. The molecule has 0 bridgehead atoms. The van der Waals surface area contributed by atoms with E-state index in [1.54, 1.807) is 21.0 Å². The van der Waals surface area contributed by atoms with E-state index in [9.17, 15) is 15.3 Å². The summed E-state index contributed by atoms with van der Waals surface area (Å²) >= 11 is 0. The summed E-state index contributed by atoms with van der Waals surface area (Å²) in [5.74, 6) is 0.846. The summed E-state index contributed by atoms with van der Waals surface area (Å²) in [5, 5.41) is 34.9. The first-order chi connectivity index (χ1) is 31.0. The number of fused-ring (bicyclic) bond motifs is 5. The predicted molar refractivity (Wildman–Crippen MR) is 266 cm³/mol. The molecule has 1 unspecified atom stereocenters. The van der Waals surface area contributed by atoms with Gasteiger partial charge in [0, 0.05) is 0 Å². The Balaban J connectivity index is 0.000000151. The molecule has 0 saturated carbocycles. The Kier molecular flexibility index (Phi) is 13.9. The summed E-state index contributed by atoms with van der Waals surface area (Å²) in [4.78, 5) is 0. The average Bonchev–Trinajstić information content (AvgIpc) is 3.65. The molecule has 9 aromatic rings. The first-order valence-electron chi connectivity index (χ1n) is 22.1. The topological polar surface area (TPSA) is 69.9 Å². The van der Waals surface area contributed by atoms with Gasteiger partial charge in [0.05, 0.1) is 24.7 Å². The molecule has 4 nitrogen and oxygen atoms in total. The molecule has 0 radical (unpaired) electrons. The summed E-state index contributed by atoms with van der Waals surface area (Å²) in [5.41, 5.74) is 9.05. The molecule has 0 saturated heterocycles. The van der Waals surface area contributed by atoms with Crippen LogP contribution in [0.1, 0.15) is 79.1 Å². The van der Waals surface area contributed by atoms with Crippen LogP contribution in [-0.2, 0) is 23.2 Å². The predicted octanol–water partition coefficient (Wildman–Crippen LogP) is 13.7. The van der Waals surface area contributed by atoms with Crippen molar-refractivity contribution < 1.29 is 20.1 Å². The highest BCUT2D eigenvalue weighted by molar-refractivity contribution is 5.87. The first-order valence-corrected chi connectivity index (χ1v) is 22.1. The number of aliphatic hydroxyl groups excluding tert-OH is 1. The van der Waals surface area contributed by atoms with Gasteiger partial charge >= 0.3 is 0 Å². The van der Waals surface area contributed by atoms with Gasteiger partial charge in [-0.15, -0.1) is 0 Å². The lowest BCUT2D eigenvalue weighted by Gasteiger charge is -2.34. The third-order valence-corrected chi connectivity index (χ3v) is 12.1. The van der Waals surface area contributed by atoms with Crippen molar-refractivity contribution in [3.8, 4) is 16.9 Å². The van der Waals surface area contributed by atoms with Crippen molar-refractivity contribution in [2.75, 3.05) is 7.11 Å². The van der Waals surface area contributed by atoms with Gasteiger partial charge in [-0.25, -0.2) is 0 Å². The van der Waals surface area contributed by atoms with Gasteiger partial charge in [0.15, 0.2) is 0 Å². The van der Waals surface area contributed by atoms with Crippen LogP contribution in [0, 0.1) is 0 Å². The van der Waals surface area contributed by atoms with Crippen LogP contribution < -0.4 is 4.74 Å². The molecular weight excluding hydrogens is 785 g/mol. The second-order valence-electron chi connectivity index (χ2n) is 16.5. The van der Waals surface area contributed by atoms with E-state index in [0.717, 1.165) is 33.4 Å². The van der Waals surface area contributed by atoms with E-state index in [2.05, 4.69) is 109 Å². The molecular formula is C60H58O4. The van der Waals surface area contributed by atoms with Crippen LogP contribution in [0.2, 0.25) is 0 Å². The van der Waals surface area contributed by atoms with E-state index in [-0.39, 0.29) is 6.61 Å². The molecule has 322 valence electrons. The van der Waals surface area contributed by atoms with E-state index in [1.807, 2.05) is 124 Å². The quantitative estimate of drug-likeness (QED) is 0.149. The second kappa shape index (κ2) is 19.7. The zero-order valence-electron chi connectivity index (χ0n) is 37.7. The minimum absolute atomic E-state index is 0.0446. The monoisotopic (exact) mass is 842 g/mol. The van der Waals surface area contributed by atoms with Gasteiger partial charge in [0.1, 0.15) is 11.4 Å². The van der Waals surface area contributed by atoms with Gasteiger partial charge in [-0.1, -0.05) is 202 Å². The maximum Gasteiger partial charge on any atom is 0.118 e. The van der Waals surface area contributed by atoms with Crippen LogP contribution in [0.15, 0.2) is 212 Å². The standard InChI is InChI=1S/C27H22O2.C18H16O.C13H14O.C2H6/c1-29-22-16-14-21(15-17-22)27(20-12-10-19(18-28)11-13-20)25-8-4-2-6-23(25)24-7-3-5-9-26(24)27;1-18(19,16-9-3-2-4-10-16)17-12-11-14-7-5-6-8-15(14)13-17;1-13(2,14)12-8-7-10-5-3-4-6-11(10)9-12;1-2/h2-17,28H,18H2,1H3;2-13,19H,1H3;3-9,14H,1-2H3;1-2H3. The molecule has 0 amide bonds. The fourth-order valence-corrected chi connectivity index (χ4v) is 8.72. The first kappa shape index (κ1) is 45.2. The minimum atomic E-state index is -0.967. The van der Waals surface area contributed by atoms with E-state index < -0.39 is 16.6 Å². The number of hydrogen-bond acceptors (Lipinski definition) is 4. The molecule has 0 aromatic heterocycles. The Morgan fingerprint density at radius 2 is 0.859 bits per heavy atom. The average molecular weight is 843 g/mol. The van der Waals surface area contributed by atoms with Gasteiger partial charge in [0.25, 0.3) is 0 Å². The summed E-state index contributed by atoms with van der Waals surface area (Å²) in [7, 11) is 1.69. The van der Waals surface area contributed by atoms with Crippen molar-refractivity contribution in [1.82, 2.24) is 0 Å². The van der Waals surface area contributed by atoms with Crippen molar-refractivity contribution >= 4 is 21.5 Å². The summed E-state index contributed by atoms with van der Waals surface area (Å²) < 4.78 is 5.41. The molecule has 0 fully saturated rings. The number of hydrogen-bond donors (Lipinski definition) is 3. The van der Waals surface area contributed by atoms with Gasteiger partial charge in [0.2, 0.25) is 0 Å². The number of rotatable bonds is 7. The number of methoxy groups -OCH3 is 1. The van der Waals surface area contributed by atoms with E-state index in [4.69, 9.17) is 4.74 Å². The molecule has 10 rings (SSSR count). The summed E-state index contributed by atoms with van der Waals surface area (Å²) in [6.45, 7) is 9.49. The van der Waals surface area contributed by atoms with Crippen LogP contribution in [0.5, 0.6) is 5.75 Å². The Morgan fingerprint density at radius 3 is 1.34 bits per heavy atom. The summed E-state index contributed by atoms with van der Waals surface area (Å²) in [6.07, 6.45) is 0. The third-order valence-electron chi connectivity index (χ3n) is 12.1. The van der Waals surface area contributed by atoms with Crippen LogP contribution >= 0.6 is 0 Å². The fourth-order valence-electron chi connectivity index (χ4n) is 8.72. The largest absolute Gasteiger partial charge is 0.497 e. The maximum atomic E-state index is 10.8. The SMILES string of the molecule is CC.CC(C)(O)c1ccc2ccccc2c1.CC(O)(c1ccccc1)c1ccc2ccccc2c1.COc1ccc(C2(c3ccc(CO)cc3)c3ccccc3-c3ccccc32)cc1. The van der Waals surface area contributed by atoms with Gasteiger partial charge < -0.3 is 20.1 Å². The lowest BCUT2D eigenvalue weighted by atomic mass is 9.67. The second-order valence-corrected chi connectivity index (χ2v) is 16.5. The van der Waals surface area contributed by atoms with Crippen molar-refractivity contribution in [3.63, 3.8) is 0 Å². The fraction of sp³-hybridized carbons (Fsp3) is 0.167. The van der Waals surface area contributed by atoms with Crippen molar-refractivity contribution in [2.24, 2.45) is 0 Å².